The van der Waals surface area contributed by atoms with Gasteiger partial charge in [0, 0.05) is 38.1 Å². The molecule has 2 amide bonds. The van der Waals surface area contributed by atoms with Gasteiger partial charge in [-0.05, 0) is 31.7 Å². The zero-order valence-electron chi connectivity index (χ0n) is 17.7. The van der Waals surface area contributed by atoms with Crippen molar-refractivity contribution in [3.05, 3.63) is 35.9 Å². The molecule has 2 aliphatic rings. The van der Waals surface area contributed by atoms with E-state index in [2.05, 4.69) is 20.9 Å². The van der Waals surface area contributed by atoms with Crippen LogP contribution in [-0.4, -0.2) is 54.9 Å². The molecule has 8 heteroatoms. The fourth-order valence-electron chi connectivity index (χ4n) is 4.03. The summed E-state index contributed by atoms with van der Waals surface area (Å²) in [4.78, 5) is 31.1. The molecule has 1 aromatic carbocycles. The maximum atomic E-state index is 12.6. The molecule has 3 rings (SSSR count). The highest BCUT2D eigenvalue weighted by Crippen LogP contribution is 2.27. The van der Waals surface area contributed by atoms with E-state index in [1.807, 2.05) is 42.2 Å². The highest BCUT2D eigenvalue weighted by Gasteiger charge is 2.32. The summed E-state index contributed by atoms with van der Waals surface area (Å²) in [6.45, 7) is 4.79. The monoisotopic (exact) mass is 527 g/mol. The normalized spacial score (nSPS) is 19.3. The van der Waals surface area contributed by atoms with E-state index >= 15 is 0 Å². The lowest BCUT2D eigenvalue weighted by Crippen LogP contribution is -2.46. The molecule has 3 N–H and O–H groups in total. The quantitative estimate of drug-likeness (QED) is 0.289. The van der Waals surface area contributed by atoms with Gasteiger partial charge in [0.05, 0.1) is 0 Å². The number of rotatable bonds is 7. The Labute approximate surface area is 196 Å². The van der Waals surface area contributed by atoms with Crippen molar-refractivity contribution in [2.45, 2.75) is 51.6 Å². The van der Waals surface area contributed by atoms with Crippen molar-refractivity contribution in [1.82, 2.24) is 20.9 Å². The lowest BCUT2D eigenvalue weighted by molar-refractivity contribution is -0.134. The van der Waals surface area contributed by atoms with Gasteiger partial charge in [-0.3, -0.25) is 9.59 Å². The molecular weight excluding hydrogens is 493 g/mol. The molecule has 1 heterocycles. The van der Waals surface area contributed by atoms with E-state index in [1.165, 1.54) is 12.8 Å². The first kappa shape index (κ1) is 24.4. The van der Waals surface area contributed by atoms with Crippen LogP contribution in [0.1, 0.15) is 44.6 Å². The number of hydrogen-bond acceptors (Lipinski definition) is 3. The van der Waals surface area contributed by atoms with E-state index in [0.29, 0.717) is 25.0 Å². The Hall–Kier alpha value is -1.84. The van der Waals surface area contributed by atoms with E-state index in [0.717, 1.165) is 37.9 Å². The minimum atomic E-state index is -0.115. The van der Waals surface area contributed by atoms with Gasteiger partial charge in [-0.1, -0.05) is 43.2 Å². The van der Waals surface area contributed by atoms with Gasteiger partial charge < -0.3 is 20.9 Å². The summed E-state index contributed by atoms with van der Waals surface area (Å²) >= 11 is 0. The largest absolute Gasteiger partial charge is 0.357 e. The Morgan fingerprint density at radius 3 is 2.53 bits per heavy atom. The van der Waals surface area contributed by atoms with Crippen molar-refractivity contribution in [3.8, 4) is 0 Å². The summed E-state index contributed by atoms with van der Waals surface area (Å²) in [6.07, 6.45) is 5.33. The molecule has 1 saturated carbocycles. The minimum absolute atomic E-state index is 0. The van der Waals surface area contributed by atoms with E-state index in [1.54, 1.807) is 0 Å². The first-order chi connectivity index (χ1) is 14.2. The van der Waals surface area contributed by atoms with Crippen molar-refractivity contribution in [3.63, 3.8) is 0 Å². The Balaban J connectivity index is 0.00000320. The van der Waals surface area contributed by atoms with Gasteiger partial charge in [-0.2, -0.15) is 0 Å². The second kappa shape index (κ2) is 12.8. The minimum Gasteiger partial charge on any atom is -0.357 e. The number of carbonyl (C=O) groups excluding carboxylic acids is 2. The zero-order valence-corrected chi connectivity index (χ0v) is 20.1. The third kappa shape index (κ3) is 7.45. The third-order valence-corrected chi connectivity index (χ3v) is 5.60. The molecule has 1 atom stereocenters. The molecule has 2 fully saturated rings. The van der Waals surface area contributed by atoms with Crippen LogP contribution in [0.3, 0.4) is 0 Å². The smallest absolute Gasteiger partial charge is 0.242 e. The van der Waals surface area contributed by atoms with Crippen LogP contribution in [0.15, 0.2) is 35.3 Å². The summed E-state index contributed by atoms with van der Waals surface area (Å²) in [5.74, 6) is 1.05. The molecular formula is C22H34IN5O2. The Morgan fingerprint density at radius 2 is 1.83 bits per heavy atom. The second-order valence-corrected chi connectivity index (χ2v) is 7.85. The van der Waals surface area contributed by atoms with E-state index in [-0.39, 0.29) is 48.4 Å². The summed E-state index contributed by atoms with van der Waals surface area (Å²) < 4.78 is 0. The zero-order chi connectivity index (χ0) is 20.5. The summed E-state index contributed by atoms with van der Waals surface area (Å²) in [5.41, 5.74) is 1.06. The number of nitrogens with zero attached hydrogens (tertiary/aromatic N) is 2. The van der Waals surface area contributed by atoms with Gasteiger partial charge in [0.1, 0.15) is 6.54 Å². The van der Waals surface area contributed by atoms with Gasteiger partial charge in [0.25, 0.3) is 0 Å². The van der Waals surface area contributed by atoms with Crippen LogP contribution < -0.4 is 16.0 Å². The van der Waals surface area contributed by atoms with Crippen LogP contribution in [0.25, 0.3) is 0 Å². The van der Waals surface area contributed by atoms with Crippen LogP contribution in [0.5, 0.6) is 0 Å². The average Bonchev–Trinajstić information content (AvgIpc) is 3.43. The molecule has 0 spiro atoms. The first-order valence-electron chi connectivity index (χ1n) is 10.8. The molecule has 0 aromatic heterocycles. The number of benzene rings is 1. The predicted octanol–water partition coefficient (Wildman–Crippen LogP) is 2.27. The number of carbonyl (C=O) groups is 2. The Morgan fingerprint density at radius 1 is 1.10 bits per heavy atom. The van der Waals surface area contributed by atoms with E-state index in [4.69, 9.17) is 0 Å². The van der Waals surface area contributed by atoms with Crippen LogP contribution >= 0.6 is 24.0 Å². The molecule has 0 radical (unpaired) electrons. The summed E-state index contributed by atoms with van der Waals surface area (Å²) in [5, 5.41) is 9.47. The molecule has 0 bridgehead atoms. The molecule has 1 aliphatic carbocycles. The van der Waals surface area contributed by atoms with Gasteiger partial charge in [-0.25, -0.2) is 4.99 Å². The van der Waals surface area contributed by atoms with Gasteiger partial charge in [-0.15, -0.1) is 24.0 Å². The second-order valence-electron chi connectivity index (χ2n) is 7.85. The Bertz CT molecular complexity index is 707. The number of likely N-dealkylation sites (tertiary alicyclic amines) is 1. The van der Waals surface area contributed by atoms with Crippen LogP contribution in [0.4, 0.5) is 0 Å². The number of halogens is 1. The number of aliphatic imine (C=N–C) groups is 1. The third-order valence-electron chi connectivity index (χ3n) is 5.60. The van der Waals surface area contributed by atoms with E-state index < -0.39 is 0 Å². The molecule has 30 heavy (non-hydrogen) atoms. The summed E-state index contributed by atoms with van der Waals surface area (Å²) in [7, 11) is 0. The standard InChI is InChI=1S/C22H33N5O2.HI/c1-2-23-22(25-15-20(28)24-14-17-8-4-3-5-9-17)26-19-12-13-27(16-19)21(29)18-10-6-7-11-18;/h3-5,8-9,18-19H,2,6-7,10-16H2,1H3,(H,24,28)(H2,23,25,26);1H. The lowest BCUT2D eigenvalue weighted by Gasteiger charge is -2.21. The highest BCUT2D eigenvalue weighted by molar-refractivity contribution is 14.0. The molecule has 1 unspecified atom stereocenters. The van der Waals surface area contributed by atoms with Crippen molar-refractivity contribution in [2.75, 3.05) is 26.2 Å². The number of amides is 2. The van der Waals surface area contributed by atoms with Crippen LogP contribution in [-0.2, 0) is 16.1 Å². The molecule has 1 saturated heterocycles. The van der Waals surface area contributed by atoms with Gasteiger partial charge in [0.15, 0.2) is 5.96 Å². The van der Waals surface area contributed by atoms with Crippen molar-refractivity contribution in [1.29, 1.82) is 0 Å². The van der Waals surface area contributed by atoms with E-state index in [9.17, 15) is 9.59 Å². The maximum absolute atomic E-state index is 12.6. The molecule has 166 valence electrons. The Kier molecular flexibility index (Phi) is 10.4. The number of hydrogen-bond donors (Lipinski definition) is 3. The highest BCUT2D eigenvalue weighted by atomic mass is 127. The van der Waals surface area contributed by atoms with Crippen molar-refractivity contribution >= 4 is 41.8 Å². The van der Waals surface area contributed by atoms with Crippen molar-refractivity contribution < 1.29 is 9.59 Å². The molecule has 1 aromatic rings. The predicted molar refractivity (Wildman–Crippen MR) is 130 cm³/mol. The van der Waals surface area contributed by atoms with Crippen molar-refractivity contribution in [2.24, 2.45) is 10.9 Å². The fourth-order valence-corrected chi connectivity index (χ4v) is 4.03. The average molecular weight is 527 g/mol. The first-order valence-corrected chi connectivity index (χ1v) is 10.8. The van der Waals surface area contributed by atoms with Gasteiger partial charge >= 0.3 is 0 Å². The van der Waals surface area contributed by atoms with Crippen LogP contribution in [0, 0.1) is 5.92 Å². The lowest BCUT2D eigenvalue weighted by atomic mass is 10.1. The number of nitrogens with one attached hydrogen (secondary N) is 3. The summed E-state index contributed by atoms with van der Waals surface area (Å²) in [6, 6.07) is 9.99. The van der Waals surface area contributed by atoms with Crippen LogP contribution in [0.2, 0.25) is 0 Å². The SMILES string of the molecule is CCNC(=NCC(=O)NCc1ccccc1)NC1CCN(C(=O)C2CCCC2)C1.I. The van der Waals surface area contributed by atoms with Gasteiger partial charge in [0.2, 0.25) is 11.8 Å². The topological polar surface area (TPSA) is 85.8 Å². The molecule has 7 nitrogen and oxygen atoms in total. The maximum Gasteiger partial charge on any atom is 0.242 e. The fraction of sp³-hybridized carbons (Fsp3) is 0.591. The molecule has 1 aliphatic heterocycles. The number of guanidine groups is 1.